The monoisotopic (exact) mass is 383 g/mol. The lowest BCUT2D eigenvalue weighted by Crippen LogP contribution is -2.39. The zero-order valence-corrected chi connectivity index (χ0v) is 15.9. The molecular weight excluding hydrogens is 358 g/mol. The molecule has 0 radical (unpaired) electrons. The lowest BCUT2D eigenvalue weighted by Gasteiger charge is -2.18. The van der Waals surface area contributed by atoms with Crippen LogP contribution in [0.1, 0.15) is 27.9 Å². The number of benzene rings is 2. The number of carbonyl (C=O) groups is 3. The summed E-state index contributed by atoms with van der Waals surface area (Å²) >= 11 is 0. The van der Waals surface area contributed by atoms with Crippen molar-refractivity contribution in [1.29, 1.82) is 0 Å². The summed E-state index contributed by atoms with van der Waals surface area (Å²) in [5, 5.41) is 14.5. The normalized spacial score (nSPS) is 10.2. The summed E-state index contributed by atoms with van der Waals surface area (Å²) < 4.78 is 0. The van der Waals surface area contributed by atoms with Crippen LogP contribution in [0.3, 0.4) is 0 Å². The van der Waals surface area contributed by atoms with Crippen LogP contribution >= 0.6 is 0 Å². The number of aromatic carboxylic acids is 1. The Labute approximate surface area is 164 Å². The van der Waals surface area contributed by atoms with Crippen molar-refractivity contribution in [2.45, 2.75) is 19.4 Å². The predicted octanol–water partition coefficient (Wildman–Crippen LogP) is 2.28. The average Bonchev–Trinajstić information content (AvgIpc) is 2.69. The molecule has 7 nitrogen and oxygen atoms in total. The van der Waals surface area contributed by atoms with Crippen LogP contribution in [0.15, 0.2) is 54.6 Å². The fourth-order valence-electron chi connectivity index (χ4n) is 2.64. The van der Waals surface area contributed by atoms with Gasteiger partial charge >= 0.3 is 12.0 Å². The Bertz CT molecular complexity index is 808. The van der Waals surface area contributed by atoms with Crippen molar-refractivity contribution in [3.05, 3.63) is 71.3 Å². The van der Waals surface area contributed by atoms with Crippen LogP contribution in [-0.2, 0) is 17.8 Å². The average molecular weight is 383 g/mol. The van der Waals surface area contributed by atoms with E-state index in [1.165, 1.54) is 6.07 Å². The van der Waals surface area contributed by atoms with Gasteiger partial charge < -0.3 is 20.6 Å². The third-order valence-corrected chi connectivity index (χ3v) is 4.15. The summed E-state index contributed by atoms with van der Waals surface area (Å²) in [6.07, 6.45) is 0.721. The van der Waals surface area contributed by atoms with Crippen LogP contribution < -0.4 is 10.6 Å². The van der Waals surface area contributed by atoms with E-state index in [2.05, 4.69) is 10.6 Å². The van der Waals surface area contributed by atoms with E-state index in [1.807, 2.05) is 36.4 Å². The number of carboxylic acid groups (broad SMARTS) is 1. The molecule has 0 bridgehead atoms. The van der Waals surface area contributed by atoms with Gasteiger partial charge in [-0.1, -0.05) is 42.5 Å². The van der Waals surface area contributed by atoms with Crippen LogP contribution in [0.4, 0.5) is 4.79 Å². The molecule has 148 valence electrons. The predicted molar refractivity (Wildman–Crippen MR) is 106 cm³/mol. The second-order valence-corrected chi connectivity index (χ2v) is 6.43. The van der Waals surface area contributed by atoms with Crippen LogP contribution in [0, 0.1) is 0 Å². The number of rotatable bonds is 9. The third kappa shape index (κ3) is 7.11. The Balaban J connectivity index is 1.63. The van der Waals surface area contributed by atoms with Gasteiger partial charge in [0.25, 0.3) is 0 Å². The van der Waals surface area contributed by atoms with Crippen molar-refractivity contribution in [3.8, 4) is 0 Å². The van der Waals surface area contributed by atoms with E-state index in [-0.39, 0.29) is 30.5 Å². The molecule has 0 atom stereocenters. The minimum atomic E-state index is -0.973. The van der Waals surface area contributed by atoms with Crippen molar-refractivity contribution in [2.24, 2.45) is 0 Å². The lowest BCUT2D eigenvalue weighted by molar-refractivity contribution is -0.120. The minimum Gasteiger partial charge on any atom is -0.478 e. The first-order valence-corrected chi connectivity index (χ1v) is 9.07. The molecule has 0 aliphatic heterocycles. The number of carbonyl (C=O) groups excluding carboxylic acids is 2. The van der Waals surface area contributed by atoms with Crippen LogP contribution in [0.25, 0.3) is 0 Å². The number of hydrogen-bond acceptors (Lipinski definition) is 3. The van der Waals surface area contributed by atoms with Gasteiger partial charge in [-0.15, -0.1) is 0 Å². The summed E-state index contributed by atoms with van der Waals surface area (Å²) in [7, 11) is 1.70. The largest absolute Gasteiger partial charge is 0.478 e. The second kappa shape index (κ2) is 10.7. The highest BCUT2D eigenvalue weighted by Gasteiger charge is 2.09. The Morgan fingerprint density at radius 2 is 1.64 bits per heavy atom. The molecule has 0 saturated heterocycles. The van der Waals surface area contributed by atoms with E-state index in [9.17, 15) is 14.4 Å². The smallest absolute Gasteiger partial charge is 0.335 e. The molecule has 0 aliphatic carbocycles. The van der Waals surface area contributed by atoms with Gasteiger partial charge in [0.2, 0.25) is 5.91 Å². The van der Waals surface area contributed by atoms with E-state index < -0.39 is 5.97 Å². The second-order valence-electron chi connectivity index (χ2n) is 6.43. The molecule has 7 heteroatoms. The van der Waals surface area contributed by atoms with Gasteiger partial charge in [0.05, 0.1) is 5.56 Å². The summed E-state index contributed by atoms with van der Waals surface area (Å²) in [6, 6.07) is 16.1. The van der Waals surface area contributed by atoms with Crippen molar-refractivity contribution in [1.82, 2.24) is 15.5 Å². The van der Waals surface area contributed by atoms with Gasteiger partial charge in [-0.2, -0.15) is 0 Å². The molecule has 3 N–H and O–H groups in total. The van der Waals surface area contributed by atoms with E-state index in [0.717, 1.165) is 11.1 Å². The van der Waals surface area contributed by atoms with Crippen molar-refractivity contribution >= 4 is 17.9 Å². The number of nitrogens with one attached hydrogen (secondary N) is 2. The third-order valence-electron chi connectivity index (χ3n) is 4.15. The number of urea groups is 1. The SMILES string of the molecule is CN(Cc1ccccc1)C(=O)NCCC(=O)NCCc1cccc(C(=O)O)c1. The molecular formula is C21H25N3O4. The van der Waals surface area contributed by atoms with E-state index in [4.69, 9.17) is 5.11 Å². The van der Waals surface area contributed by atoms with Crippen LogP contribution in [0.5, 0.6) is 0 Å². The summed E-state index contributed by atoms with van der Waals surface area (Å²) in [5.74, 6) is -1.14. The first-order chi connectivity index (χ1) is 13.5. The maximum Gasteiger partial charge on any atom is 0.335 e. The molecule has 0 heterocycles. The number of amides is 3. The summed E-state index contributed by atoms with van der Waals surface area (Å²) in [6.45, 7) is 1.15. The number of hydrogen-bond donors (Lipinski definition) is 3. The zero-order chi connectivity index (χ0) is 20.4. The molecule has 2 aromatic rings. The molecule has 0 spiro atoms. The topological polar surface area (TPSA) is 98.7 Å². The van der Waals surface area contributed by atoms with E-state index >= 15 is 0 Å². The van der Waals surface area contributed by atoms with Crippen molar-refractivity contribution in [3.63, 3.8) is 0 Å². The maximum atomic E-state index is 12.1. The number of nitrogens with zero attached hydrogens (tertiary/aromatic N) is 1. The first kappa shape index (κ1) is 21.0. The lowest BCUT2D eigenvalue weighted by atomic mass is 10.1. The Morgan fingerprint density at radius 1 is 0.929 bits per heavy atom. The van der Waals surface area contributed by atoms with Gasteiger partial charge in [0, 0.05) is 33.1 Å². The highest BCUT2D eigenvalue weighted by molar-refractivity contribution is 5.87. The molecule has 3 amide bonds. The highest BCUT2D eigenvalue weighted by Crippen LogP contribution is 2.06. The van der Waals surface area contributed by atoms with Crippen LogP contribution in [0.2, 0.25) is 0 Å². The molecule has 0 saturated carbocycles. The Morgan fingerprint density at radius 3 is 2.36 bits per heavy atom. The standard InChI is InChI=1S/C21H25N3O4/c1-24(15-17-6-3-2-4-7-17)21(28)23-13-11-19(25)22-12-10-16-8-5-9-18(14-16)20(26)27/h2-9,14H,10-13,15H2,1H3,(H,22,25)(H,23,28)(H,26,27). The van der Waals surface area contributed by atoms with E-state index in [1.54, 1.807) is 24.1 Å². The van der Waals surface area contributed by atoms with Gasteiger partial charge in [-0.25, -0.2) is 9.59 Å². The van der Waals surface area contributed by atoms with Crippen molar-refractivity contribution in [2.75, 3.05) is 20.1 Å². The molecule has 0 unspecified atom stereocenters. The molecule has 0 aliphatic rings. The molecule has 0 aromatic heterocycles. The molecule has 2 rings (SSSR count). The summed E-state index contributed by atoms with van der Waals surface area (Å²) in [4.78, 5) is 36.4. The fraction of sp³-hybridized carbons (Fsp3) is 0.286. The molecule has 2 aromatic carbocycles. The highest BCUT2D eigenvalue weighted by atomic mass is 16.4. The summed E-state index contributed by atoms with van der Waals surface area (Å²) in [5.41, 5.74) is 2.10. The molecule has 28 heavy (non-hydrogen) atoms. The fourth-order valence-corrected chi connectivity index (χ4v) is 2.64. The van der Waals surface area contributed by atoms with Crippen molar-refractivity contribution < 1.29 is 19.5 Å². The Kier molecular flexibility index (Phi) is 8.02. The quantitative estimate of drug-likeness (QED) is 0.619. The van der Waals surface area contributed by atoms with E-state index in [0.29, 0.717) is 19.5 Å². The first-order valence-electron chi connectivity index (χ1n) is 9.07. The Hall–Kier alpha value is -3.35. The van der Waals surface area contributed by atoms with Gasteiger partial charge in [-0.3, -0.25) is 4.79 Å². The molecule has 0 fully saturated rings. The number of carboxylic acids is 1. The van der Waals surface area contributed by atoms with Gasteiger partial charge in [0.1, 0.15) is 0 Å². The van der Waals surface area contributed by atoms with Crippen LogP contribution in [-0.4, -0.2) is 48.1 Å². The van der Waals surface area contributed by atoms with Gasteiger partial charge in [0.15, 0.2) is 0 Å². The zero-order valence-electron chi connectivity index (χ0n) is 15.9. The maximum absolute atomic E-state index is 12.1. The van der Waals surface area contributed by atoms with Gasteiger partial charge in [-0.05, 0) is 29.7 Å². The minimum absolute atomic E-state index is 0.166.